The molecular weight excluding hydrogens is 370 g/mol. The van der Waals surface area contributed by atoms with Crippen LogP contribution in [-0.2, 0) is 28.5 Å². The van der Waals surface area contributed by atoms with Crippen LogP contribution in [0.15, 0.2) is 41.8 Å². The molecule has 1 rings (SSSR count). The topological polar surface area (TPSA) is 94.9 Å². The van der Waals surface area contributed by atoms with E-state index in [2.05, 4.69) is 12.6 Å². The fraction of sp³-hybridized carbons (Fsp3) is 0.526. The zero-order chi connectivity index (χ0) is 20.1. The first-order valence-corrected chi connectivity index (χ1v) is 9.97. The minimum absolute atomic E-state index is 0.0294. The molecule has 0 radical (unpaired) electrons. The number of nitriles is 1. The summed E-state index contributed by atoms with van der Waals surface area (Å²) in [5.41, 5.74) is 0.952. The van der Waals surface area contributed by atoms with E-state index in [0.717, 1.165) is 5.56 Å². The minimum Gasteiger partial charge on any atom is -0.382 e. The van der Waals surface area contributed by atoms with Gasteiger partial charge >= 0.3 is 0 Å². The summed E-state index contributed by atoms with van der Waals surface area (Å²) >= 11 is 0. The van der Waals surface area contributed by atoms with Gasteiger partial charge in [0.25, 0.3) is 10.1 Å². The summed E-state index contributed by atoms with van der Waals surface area (Å²) in [5, 5.41) is 8.88. The number of hydrogen-bond donors (Lipinski definition) is 0. The number of benzene rings is 1. The third-order valence-corrected chi connectivity index (χ3v) is 5.09. The van der Waals surface area contributed by atoms with Gasteiger partial charge in [-0.05, 0) is 31.4 Å². The van der Waals surface area contributed by atoms with E-state index in [1.165, 1.54) is 12.1 Å². The SMILES string of the molecule is C=C[C@@H](CC#N)C[C@@H](COS(=O)(=O)c1ccc(C)cc1)OCOCCOC. The Balaban J connectivity index is 2.68. The Morgan fingerprint density at radius 1 is 1.26 bits per heavy atom. The Morgan fingerprint density at radius 3 is 2.56 bits per heavy atom. The number of allylic oxidation sites excluding steroid dienone is 1. The van der Waals surface area contributed by atoms with E-state index in [9.17, 15) is 8.42 Å². The van der Waals surface area contributed by atoms with Crippen molar-refractivity contribution in [2.24, 2.45) is 5.92 Å². The second kappa shape index (κ2) is 12.6. The summed E-state index contributed by atoms with van der Waals surface area (Å²) in [7, 11) is -2.33. The van der Waals surface area contributed by atoms with Crippen LogP contribution in [0.4, 0.5) is 0 Å². The summed E-state index contributed by atoms with van der Waals surface area (Å²) in [6, 6.07) is 8.48. The molecule has 0 fully saturated rings. The van der Waals surface area contributed by atoms with Crippen molar-refractivity contribution < 1.29 is 26.8 Å². The average Bonchev–Trinajstić information content (AvgIpc) is 2.65. The molecule has 0 N–H and O–H groups in total. The molecule has 0 amide bonds. The monoisotopic (exact) mass is 397 g/mol. The molecule has 0 saturated heterocycles. The number of aryl methyl sites for hydroxylation is 1. The van der Waals surface area contributed by atoms with Gasteiger partial charge in [0.05, 0.1) is 36.9 Å². The molecular formula is C19H27NO6S. The molecule has 7 nitrogen and oxygen atoms in total. The quantitative estimate of drug-likeness (QED) is 0.206. The minimum atomic E-state index is -3.90. The van der Waals surface area contributed by atoms with Crippen LogP contribution in [0.25, 0.3) is 0 Å². The van der Waals surface area contributed by atoms with E-state index in [-0.39, 0.29) is 30.6 Å². The Hall–Kier alpha value is -1.76. The lowest BCUT2D eigenvalue weighted by molar-refractivity contribution is -0.110. The van der Waals surface area contributed by atoms with Gasteiger partial charge in [-0.1, -0.05) is 23.8 Å². The highest BCUT2D eigenvalue weighted by Gasteiger charge is 2.21. The van der Waals surface area contributed by atoms with Crippen LogP contribution in [0, 0.1) is 24.2 Å². The molecule has 0 saturated carbocycles. The van der Waals surface area contributed by atoms with Crippen LogP contribution in [0.2, 0.25) is 0 Å². The molecule has 0 aliphatic rings. The highest BCUT2D eigenvalue weighted by atomic mass is 32.2. The van der Waals surface area contributed by atoms with Gasteiger partial charge in [-0.3, -0.25) is 4.18 Å². The zero-order valence-electron chi connectivity index (χ0n) is 15.8. The Labute approximate surface area is 161 Å². The molecule has 2 atom stereocenters. The van der Waals surface area contributed by atoms with Crippen molar-refractivity contribution in [3.8, 4) is 6.07 Å². The molecule has 0 unspecified atom stereocenters. The van der Waals surface area contributed by atoms with E-state index in [0.29, 0.717) is 19.6 Å². The first kappa shape index (κ1) is 23.3. The first-order valence-electron chi connectivity index (χ1n) is 8.56. The standard InChI is InChI=1S/C19H27NO6S/c1-4-17(9-10-20)13-18(25-15-24-12-11-23-3)14-26-27(21,22)19-7-5-16(2)6-8-19/h4-8,17-18H,1,9,11-15H2,2-3H3/t17-,18-/m0/s1. The van der Waals surface area contributed by atoms with E-state index < -0.39 is 16.2 Å². The molecule has 1 aromatic rings. The fourth-order valence-corrected chi connectivity index (χ4v) is 3.12. The second-order valence-corrected chi connectivity index (χ2v) is 7.57. The summed E-state index contributed by atoms with van der Waals surface area (Å²) in [4.78, 5) is 0.0838. The van der Waals surface area contributed by atoms with Crippen molar-refractivity contribution in [2.75, 3.05) is 33.7 Å². The van der Waals surface area contributed by atoms with Crippen molar-refractivity contribution in [2.45, 2.75) is 30.8 Å². The first-order chi connectivity index (χ1) is 12.9. The highest BCUT2D eigenvalue weighted by molar-refractivity contribution is 7.86. The highest BCUT2D eigenvalue weighted by Crippen LogP contribution is 2.18. The molecule has 0 spiro atoms. The van der Waals surface area contributed by atoms with E-state index in [1.807, 2.05) is 6.92 Å². The molecule has 27 heavy (non-hydrogen) atoms. The molecule has 1 aromatic carbocycles. The largest absolute Gasteiger partial charge is 0.382 e. The molecule has 8 heteroatoms. The summed E-state index contributed by atoms with van der Waals surface area (Å²) in [5.74, 6) is -0.135. The van der Waals surface area contributed by atoms with Crippen LogP contribution < -0.4 is 0 Å². The smallest absolute Gasteiger partial charge is 0.297 e. The zero-order valence-corrected chi connectivity index (χ0v) is 16.6. The summed E-state index contributed by atoms with van der Waals surface area (Å²) in [6.45, 7) is 6.15. The summed E-state index contributed by atoms with van der Waals surface area (Å²) < 4.78 is 45.6. The van der Waals surface area contributed by atoms with Gasteiger partial charge in [-0.25, -0.2) is 0 Å². The van der Waals surface area contributed by atoms with Crippen molar-refractivity contribution in [3.63, 3.8) is 0 Å². The number of rotatable bonds is 14. The number of methoxy groups -OCH3 is 1. The molecule has 0 heterocycles. The van der Waals surface area contributed by atoms with Crippen molar-refractivity contribution in [1.82, 2.24) is 0 Å². The van der Waals surface area contributed by atoms with E-state index in [1.54, 1.807) is 25.3 Å². The van der Waals surface area contributed by atoms with Gasteiger partial charge < -0.3 is 14.2 Å². The number of hydrogen-bond acceptors (Lipinski definition) is 7. The number of ether oxygens (including phenoxy) is 3. The van der Waals surface area contributed by atoms with Crippen LogP contribution >= 0.6 is 0 Å². The van der Waals surface area contributed by atoms with Crippen molar-refractivity contribution in [1.29, 1.82) is 5.26 Å². The maximum atomic E-state index is 12.3. The van der Waals surface area contributed by atoms with Gasteiger partial charge in [0, 0.05) is 13.5 Å². The van der Waals surface area contributed by atoms with Gasteiger partial charge in [0.1, 0.15) is 6.79 Å². The lowest BCUT2D eigenvalue weighted by Gasteiger charge is -2.20. The lowest BCUT2D eigenvalue weighted by atomic mass is 9.99. The molecule has 150 valence electrons. The van der Waals surface area contributed by atoms with E-state index >= 15 is 0 Å². The summed E-state index contributed by atoms with van der Waals surface area (Å²) in [6.07, 6.45) is 1.75. The second-order valence-electron chi connectivity index (χ2n) is 5.95. The van der Waals surface area contributed by atoms with Crippen LogP contribution in [0.1, 0.15) is 18.4 Å². The predicted molar refractivity (Wildman–Crippen MR) is 100 cm³/mol. The Kier molecular flexibility index (Phi) is 10.9. The Bertz CT molecular complexity index is 696. The molecule has 0 bridgehead atoms. The normalized spacial score (nSPS) is 13.7. The van der Waals surface area contributed by atoms with Crippen LogP contribution in [0.5, 0.6) is 0 Å². The molecule has 0 aliphatic heterocycles. The van der Waals surface area contributed by atoms with Gasteiger partial charge in [-0.15, -0.1) is 6.58 Å². The average molecular weight is 397 g/mol. The van der Waals surface area contributed by atoms with Crippen LogP contribution in [0.3, 0.4) is 0 Å². The number of nitrogens with zero attached hydrogens (tertiary/aromatic N) is 1. The third kappa shape index (κ3) is 9.13. The van der Waals surface area contributed by atoms with Gasteiger partial charge in [0.2, 0.25) is 0 Å². The third-order valence-electron chi connectivity index (χ3n) is 3.79. The lowest BCUT2D eigenvalue weighted by Crippen LogP contribution is -2.26. The van der Waals surface area contributed by atoms with Crippen molar-refractivity contribution >= 4 is 10.1 Å². The fourth-order valence-electron chi connectivity index (χ4n) is 2.19. The van der Waals surface area contributed by atoms with E-state index in [4.69, 9.17) is 23.7 Å². The predicted octanol–water partition coefficient (Wildman–Crippen LogP) is 2.81. The maximum Gasteiger partial charge on any atom is 0.297 e. The maximum absolute atomic E-state index is 12.3. The van der Waals surface area contributed by atoms with Crippen molar-refractivity contribution in [3.05, 3.63) is 42.5 Å². The van der Waals surface area contributed by atoms with Gasteiger partial charge in [-0.2, -0.15) is 13.7 Å². The molecule has 0 aromatic heterocycles. The van der Waals surface area contributed by atoms with Gasteiger partial charge in [0.15, 0.2) is 0 Å². The Morgan fingerprint density at radius 2 is 1.96 bits per heavy atom. The molecule has 0 aliphatic carbocycles. The van der Waals surface area contributed by atoms with Crippen LogP contribution in [-0.4, -0.2) is 48.2 Å².